The van der Waals surface area contributed by atoms with Gasteiger partial charge in [-0.2, -0.15) is 0 Å². The van der Waals surface area contributed by atoms with Crippen molar-refractivity contribution in [2.45, 2.75) is 58.0 Å². The third-order valence-corrected chi connectivity index (χ3v) is 6.62. The maximum absolute atomic E-state index is 13.4. The first-order valence-corrected chi connectivity index (χ1v) is 12.7. The van der Waals surface area contributed by atoms with E-state index in [2.05, 4.69) is 15.6 Å². The number of halogens is 2. The number of ketones is 2. The standard InChI is InChI=1S/C25H36ClFN6O4/c1-15(2)22(32-25(37)31-18-9-4-3-8-17(18)26)23(36)33-12-6-10-19(33)20(34)13-16(21(35)14-27)7-5-11-30-24(28)29/h3-4,8-9,15-16,19,22H,5-7,10-14H2,1-2H3,(H4,28,29,30)(H2,31,32,37)/t16-,19+,22+/m1/s1. The predicted molar refractivity (Wildman–Crippen MR) is 141 cm³/mol. The first-order valence-electron chi connectivity index (χ1n) is 12.3. The molecule has 10 nitrogen and oxygen atoms in total. The number of nitrogens with zero attached hydrogens (tertiary/aromatic N) is 2. The summed E-state index contributed by atoms with van der Waals surface area (Å²) in [6.45, 7) is 3.01. The van der Waals surface area contributed by atoms with Gasteiger partial charge in [-0.1, -0.05) is 37.6 Å². The number of alkyl halides is 1. The number of guanidine groups is 1. The van der Waals surface area contributed by atoms with E-state index in [9.17, 15) is 23.6 Å². The lowest BCUT2D eigenvalue weighted by Crippen LogP contribution is -2.54. The van der Waals surface area contributed by atoms with E-state index in [-0.39, 0.29) is 43.0 Å². The Morgan fingerprint density at radius 1 is 1.22 bits per heavy atom. The number of carbonyl (C=O) groups is 4. The lowest BCUT2D eigenvalue weighted by Gasteiger charge is -2.31. The minimum atomic E-state index is -1.17. The maximum Gasteiger partial charge on any atom is 0.319 e. The van der Waals surface area contributed by atoms with Crippen molar-refractivity contribution >= 4 is 46.8 Å². The van der Waals surface area contributed by atoms with Gasteiger partial charge in [-0.05, 0) is 43.7 Å². The van der Waals surface area contributed by atoms with E-state index in [1.165, 1.54) is 4.90 Å². The number of benzene rings is 1. The van der Waals surface area contributed by atoms with E-state index >= 15 is 0 Å². The van der Waals surface area contributed by atoms with Crippen LogP contribution in [0.15, 0.2) is 29.3 Å². The normalized spacial score (nSPS) is 16.7. The molecule has 0 radical (unpaired) electrons. The molecule has 0 spiro atoms. The highest BCUT2D eigenvalue weighted by Crippen LogP contribution is 2.25. The van der Waals surface area contributed by atoms with E-state index in [1.54, 1.807) is 38.1 Å². The van der Waals surface area contributed by atoms with Gasteiger partial charge in [-0.15, -0.1) is 0 Å². The topological polar surface area (TPSA) is 160 Å². The molecule has 1 aromatic rings. The largest absolute Gasteiger partial charge is 0.370 e. The molecule has 0 aromatic heterocycles. The van der Waals surface area contributed by atoms with Gasteiger partial charge >= 0.3 is 6.03 Å². The molecule has 0 aliphatic carbocycles. The monoisotopic (exact) mass is 538 g/mol. The van der Waals surface area contributed by atoms with E-state index in [1.807, 2.05) is 0 Å². The Morgan fingerprint density at radius 3 is 2.54 bits per heavy atom. The highest BCUT2D eigenvalue weighted by molar-refractivity contribution is 6.33. The molecule has 6 N–H and O–H groups in total. The molecule has 1 saturated heterocycles. The van der Waals surface area contributed by atoms with Gasteiger partial charge in [0.1, 0.15) is 12.7 Å². The number of Topliss-reactive ketones (excluding diaryl/α,β-unsaturated/α-hetero) is 2. The van der Waals surface area contributed by atoms with Crippen LogP contribution in [0.4, 0.5) is 14.9 Å². The number of nitrogens with one attached hydrogen (secondary N) is 2. The molecule has 37 heavy (non-hydrogen) atoms. The van der Waals surface area contributed by atoms with E-state index in [0.717, 1.165) is 0 Å². The summed E-state index contributed by atoms with van der Waals surface area (Å²) in [5, 5.41) is 5.68. The van der Waals surface area contributed by atoms with Crippen molar-refractivity contribution in [2.24, 2.45) is 28.3 Å². The van der Waals surface area contributed by atoms with E-state index in [0.29, 0.717) is 36.5 Å². The number of hydrogen-bond acceptors (Lipinski definition) is 5. The van der Waals surface area contributed by atoms with Crippen LogP contribution >= 0.6 is 11.6 Å². The number of anilines is 1. The molecule has 1 aromatic carbocycles. The Hall–Kier alpha value is -3.21. The first-order chi connectivity index (χ1) is 17.5. The van der Waals surface area contributed by atoms with E-state index < -0.39 is 36.5 Å². The highest BCUT2D eigenvalue weighted by Gasteiger charge is 2.39. The van der Waals surface area contributed by atoms with Crippen LogP contribution in [0.25, 0.3) is 0 Å². The third-order valence-electron chi connectivity index (χ3n) is 6.29. The highest BCUT2D eigenvalue weighted by atomic mass is 35.5. The molecule has 12 heteroatoms. The Morgan fingerprint density at radius 2 is 1.92 bits per heavy atom. The number of para-hydroxylation sites is 1. The lowest BCUT2D eigenvalue weighted by molar-refractivity contribution is -0.140. The Labute approximate surface area is 221 Å². The van der Waals surface area contributed by atoms with Crippen LogP contribution in [0.1, 0.15) is 46.0 Å². The Kier molecular flexibility index (Phi) is 11.8. The fourth-order valence-corrected chi connectivity index (χ4v) is 4.51. The van der Waals surface area contributed by atoms with Gasteiger partial charge in [0, 0.05) is 25.4 Å². The number of rotatable bonds is 13. The quantitative estimate of drug-likeness (QED) is 0.171. The first kappa shape index (κ1) is 30.0. The Bertz CT molecular complexity index is 1000. The number of amides is 3. The summed E-state index contributed by atoms with van der Waals surface area (Å²) in [5.74, 6) is -2.52. The van der Waals surface area contributed by atoms with Gasteiger partial charge in [-0.3, -0.25) is 19.4 Å². The summed E-state index contributed by atoms with van der Waals surface area (Å²) in [6.07, 6.45) is 1.53. The number of urea groups is 1. The third kappa shape index (κ3) is 8.99. The molecule has 2 rings (SSSR count). The summed E-state index contributed by atoms with van der Waals surface area (Å²) < 4.78 is 13.2. The van der Waals surface area contributed by atoms with Crippen molar-refractivity contribution in [3.8, 4) is 0 Å². The van der Waals surface area contributed by atoms with Crippen molar-refractivity contribution < 1.29 is 23.6 Å². The number of hydrogen-bond donors (Lipinski definition) is 4. The summed E-state index contributed by atoms with van der Waals surface area (Å²) in [7, 11) is 0. The number of aliphatic imine (C=N–C) groups is 1. The van der Waals surface area contributed by atoms with Crippen LogP contribution < -0.4 is 22.1 Å². The zero-order valence-corrected chi connectivity index (χ0v) is 22.0. The van der Waals surface area contributed by atoms with Crippen molar-refractivity contribution in [3.63, 3.8) is 0 Å². The van der Waals surface area contributed by atoms with Crippen LogP contribution in [0.2, 0.25) is 5.02 Å². The SMILES string of the molecule is CC(C)[C@H](NC(=O)Nc1ccccc1Cl)C(=O)N1CCC[C@H]1C(=O)C[C@@H](CCCN=C(N)N)C(=O)CF. The molecule has 204 valence electrons. The smallest absolute Gasteiger partial charge is 0.319 e. The van der Waals surface area contributed by atoms with Gasteiger partial charge in [0.15, 0.2) is 17.5 Å². The summed E-state index contributed by atoms with van der Waals surface area (Å²) in [4.78, 5) is 56.7. The molecule has 1 aliphatic heterocycles. The molecular formula is C25H36ClFN6O4. The van der Waals surface area contributed by atoms with Crippen LogP contribution in [0.5, 0.6) is 0 Å². The number of nitrogens with two attached hydrogens (primary N) is 2. The molecule has 3 atom stereocenters. The van der Waals surface area contributed by atoms with Crippen molar-refractivity contribution in [1.82, 2.24) is 10.2 Å². The average molecular weight is 539 g/mol. The van der Waals surface area contributed by atoms with Crippen molar-refractivity contribution in [2.75, 3.05) is 25.1 Å². The van der Waals surface area contributed by atoms with Crippen LogP contribution in [0, 0.1) is 11.8 Å². The van der Waals surface area contributed by atoms with Crippen molar-refractivity contribution in [3.05, 3.63) is 29.3 Å². The average Bonchev–Trinajstić information content (AvgIpc) is 3.34. The second-order valence-corrected chi connectivity index (χ2v) is 9.81. The van der Waals surface area contributed by atoms with Gasteiger partial charge in [0.25, 0.3) is 0 Å². The molecule has 0 unspecified atom stereocenters. The maximum atomic E-state index is 13.4. The predicted octanol–water partition coefficient (Wildman–Crippen LogP) is 2.64. The summed E-state index contributed by atoms with van der Waals surface area (Å²) in [5.41, 5.74) is 11.0. The second-order valence-electron chi connectivity index (χ2n) is 9.41. The molecule has 1 heterocycles. The number of likely N-dealkylation sites (tertiary alicyclic amines) is 1. The van der Waals surface area contributed by atoms with Gasteiger partial charge < -0.3 is 27.0 Å². The molecular weight excluding hydrogens is 503 g/mol. The molecule has 0 bridgehead atoms. The minimum absolute atomic E-state index is 0.0848. The molecule has 1 fully saturated rings. The molecule has 1 aliphatic rings. The van der Waals surface area contributed by atoms with Gasteiger partial charge in [-0.25, -0.2) is 9.18 Å². The van der Waals surface area contributed by atoms with Gasteiger partial charge in [0.2, 0.25) is 5.91 Å². The van der Waals surface area contributed by atoms with Gasteiger partial charge in [0.05, 0.1) is 16.8 Å². The number of carbonyl (C=O) groups excluding carboxylic acids is 4. The Balaban J connectivity index is 2.07. The zero-order chi connectivity index (χ0) is 27.5. The fourth-order valence-electron chi connectivity index (χ4n) is 4.33. The van der Waals surface area contributed by atoms with Crippen LogP contribution in [0.3, 0.4) is 0 Å². The minimum Gasteiger partial charge on any atom is -0.370 e. The zero-order valence-electron chi connectivity index (χ0n) is 21.2. The second kappa shape index (κ2) is 14.5. The van der Waals surface area contributed by atoms with E-state index in [4.69, 9.17) is 23.1 Å². The fraction of sp³-hybridized carbons (Fsp3) is 0.560. The van der Waals surface area contributed by atoms with Crippen LogP contribution in [-0.2, 0) is 14.4 Å². The summed E-state index contributed by atoms with van der Waals surface area (Å²) in [6, 6.07) is 4.48. The molecule has 3 amide bonds. The van der Waals surface area contributed by atoms with Crippen LogP contribution in [-0.4, -0.2) is 66.2 Å². The summed E-state index contributed by atoms with van der Waals surface area (Å²) >= 11 is 6.10. The lowest BCUT2D eigenvalue weighted by atomic mass is 9.90. The molecule has 0 saturated carbocycles. The van der Waals surface area contributed by atoms with Crippen molar-refractivity contribution in [1.29, 1.82) is 0 Å².